The SMILES string of the molecule is CCCCOc1nc(N)c2c(n1)N(Cc1cccc(CN3CCCC3)c1)CC(=O)N2.CCCCOc1nc(N)c2c(n1)N(Cc1cccc(CN3CCCC3)c1)CC(=O)N2. The molecule has 0 bridgehead atoms. The van der Waals surface area contributed by atoms with Gasteiger partial charge in [0.05, 0.1) is 26.3 Å². The van der Waals surface area contributed by atoms with Crippen LogP contribution in [0.3, 0.4) is 0 Å². The number of anilines is 6. The number of hydrogen-bond acceptors (Lipinski definition) is 14. The van der Waals surface area contributed by atoms with Crippen molar-refractivity contribution in [1.82, 2.24) is 29.7 Å². The molecule has 2 aromatic carbocycles. The molecule has 2 aromatic heterocycles. The maximum atomic E-state index is 12.3. The number of likely N-dealkylation sites (tertiary alicyclic amines) is 2. The lowest BCUT2D eigenvalue weighted by Gasteiger charge is -2.30. The van der Waals surface area contributed by atoms with Gasteiger partial charge in [0.25, 0.3) is 0 Å². The van der Waals surface area contributed by atoms with E-state index in [1.807, 2.05) is 9.80 Å². The van der Waals surface area contributed by atoms with Gasteiger partial charge in [-0.2, -0.15) is 19.9 Å². The minimum absolute atomic E-state index is 0.120. The van der Waals surface area contributed by atoms with Crippen molar-refractivity contribution < 1.29 is 19.1 Å². The second kappa shape index (κ2) is 20.5. The van der Waals surface area contributed by atoms with Crippen molar-refractivity contribution in [1.29, 1.82) is 0 Å². The molecule has 60 heavy (non-hydrogen) atoms. The first-order chi connectivity index (χ1) is 29.2. The van der Waals surface area contributed by atoms with Crippen LogP contribution in [0.2, 0.25) is 0 Å². The number of nitrogens with zero attached hydrogens (tertiary/aromatic N) is 8. The molecular formula is C44H60N12O4. The minimum Gasteiger partial charge on any atom is -0.463 e. The summed E-state index contributed by atoms with van der Waals surface area (Å²) in [7, 11) is 0. The predicted molar refractivity (Wildman–Crippen MR) is 235 cm³/mol. The molecule has 320 valence electrons. The van der Waals surface area contributed by atoms with Crippen LogP contribution >= 0.6 is 0 Å². The minimum atomic E-state index is -0.120. The number of rotatable bonds is 16. The number of nitrogens with one attached hydrogen (secondary N) is 2. The van der Waals surface area contributed by atoms with Crippen LogP contribution in [0.1, 0.15) is 87.5 Å². The normalized spacial score (nSPS) is 16.4. The lowest BCUT2D eigenvalue weighted by atomic mass is 10.1. The number of nitrogens with two attached hydrogens (primary N) is 2. The van der Waals surface area contributed by atoms with Crippen LogP contribution in [0, 0.1) is 0 Å². The third-order valence-corrected chi connectivity index (χ3v) is 11.0. The Labute approximate surface area is 353 Å². The number of carbonyl (C=O) groups excluding carboxylic acids is 2. The van der Waals surface area contributed by atoms with Crippen molar-refractivity contribution in [2.24, 2.45) is 0 Å². The summed E-state index contributed by atoms with van der Waals surface area (Å²) in [5.41, 5.74) is 18.0. The van der Waals surface area contributed by atoms with E-state index in [9.17, 15) is 9.59 Å². The van der Waals surface area contributed by atoms with Gasteiger partial charge in [-0.3, -0.25) is 19.4 Å². The zero-order chi connectivity index (χ0) is 41.8. The summed E-state index contributed by atoms with van der Waals surface area (Å²) in [4.78, 5) is 50.9. The van der Waals surface area contributed by atoms with Gasteiger partial charge in [-0.25, -0.2) is 0 Å². The van der Waals surface area contributed by atoms with E-state index in [-0.39, 0.29) is 48.6 Å². The smallest absolute Gasteiger partial charge is 0.320 e. The van der Waals surface area contributed by atoms with E-state index < -0.39 is 0 Å². The number of nitrogen functional groups attached to an aromatic ring is 2. The lowest BCUT2D eigenvalue weighted by molar-refractivity contribution is -0.116. The molecule has 16 nitrogen and oxygen atoms in total. The van der Waals surface area contributed by atoms with Crippen molar-refractivity contribution in [2.45, 2.75) is 91.4 Å². The fraction of sp³-hybridized carbons (Fsp3) is 0.500. The van der Waals surface area contributed by atoms with Crippen molar-refractivity contribution in [3.8, 4) is 12.0 Å². The van der Waals surface area contributed by atoms with E-state index in [1.54, 1.807) is 0 Å². The third-order valence-electron chi connectivity index (χ3n) is 11.0. The molecule has 0 unspecified atom stereocenters. The molecule has 8 rings (SSSR count). The van der Waals surface area contributed by atoms with Crippen LogP contribution in [0.4, 0.5) is 34.6 Å². The van der Waals surface area contributed by atoms with Crippen molar-refractivity contribution in [2.75, 3.05) is 84.4 Å². The second-order valence-corrected chi connectivity index (χ2v) is 16.0. The Balaban J connectivity index is 0.000000181. The first-order valence-corrected chi connectivity index (χ1v) is 21.5. The maximum Gasteiger partial charge on any atom is 0.320 e. The summed E-state index contributed by atoms with van der Waals surface area (Å²) in [6, 6.07) is 17.6. The molecule has 0 aliphatic carbocycles. The van der Waals surface area contributed by atoms with Gasteiger partial charge in [0.1, 0.15) is 11.4 Å². The highest BCUT2D eigenvalue weighted by Gasteiger charge is 2.29. The van der Waals surface area contributed by atoms with Crippen LogP contribution in [-0.2, 0) is 35.8 Å². The average Bonchev–Trinajstić information content (AvgIpc) is 3.95. The molecule has 0 atom stereocenters. The third kappa shape index (κ3) is 11.3. The van der Waals surface area contributed by atoms with Gasteiger partial charge in [0.2, 0.25) is 11.8 Å². The molecular weight excluding hydrogens is 761 g/mol. The first-order valence-electron chi connectivity index (χ1n) is 21.5. The number of carbonyl (C=O) groups is 2. The van der Waals surface area contributed by atoms with Gasteiger partial charge < -0.3 is 41.4 Å². The second-order valence-electron chi connectivity index (χ2n) is 16.0. The molecule has 6 heterocycles. The Morgan fingerprint density at radius 1 is 0.583 bits per heavy atom. The van der Waals surface area contributed by atoms with Crippen LogP contribution in [-0.4, -0.2) is 94.0 Å². The lowest BCUT2D eigenvalue weighted by Crippen LogP contribution is -2.39. The van der Waals surface area contributed by atoms with Gasteiger partial charge in [0, 0.05) is 26.2 Å². The van der Waals surface area contributed by atoms with Crippen LogP contribution in [0.5, 0.6) is 12.0 Å². The van der Waals surface area contributed by atoms with E-state index in [0.29, 0.717) is 49.3 Å². The molecule has 2 fully saturated rings. The number of unbranched alkanes of at least 4 members (excludes halogenated alkanes) is 2. The quantitative estimate of drug-likeness (QED) is 0.102. The fourth-order valence-electron chi connectivity index (χ4n) is 7.94. The zero-order valence-electron chi connectivity index (χ0n) is 35.1. The average molecular weight is 821 g/mol. The number of aromatic nitrogens is 4. The molecule has 2 saturated heterocycles. The highest BCUT2D eigenvalue weighted by molar-refractivity contribution is 6.03. The molecule has 4 aromatic rings. The van der Waals surface area contributed by atoms with Gasteiger partial charge in [-0.1, -0.05) is 75.2 Å². The standard InChI is InChI=1S/2C22H30N6O2/c2*1-2-3-11-30-22-25-20(23)19-21(26-22)28(15-18(29)24-19)14-17-8-6-7-16(12-17)13-27-9-4-5-10-27/h2*6-8,12H,2-5,9-11,13-15H2,1H3,(H,24,29)(H2,23,25,26). The molecule has 16 heteroatoms. The van der Waals surface area contributed by atoms with Crippen LogP contribution in [0.25, 0.3) is 0 Å². The molecule has 4 aliphatic heterocycles. The molecule has 2 amide bonds. The number of ether oxygens (including phenoxy) is 2. The van der Waals surface area contributed by atoms with E-state index in [0.717, 1.165) is 49.9 Å². The Bertz CT molecular complexity index is 1940. The van der Waals surface area contributed by atoms with Crippen molar-refractivity contribution in [3.63, 3.8) is 0 Å². The summed E-state index contributed by atoms with van der Waals surface area (Å²) in [5.74, 6) is 1.44. The Morgan fingerprint density at radius 3 is 1.35 bits per heavy atom. The summed E-state index contributed by atoms with van der Waals surface area (Å²) in [6.45, 7) is 13.5. The zero-order valence-corrected chi connectivity index (χ0v) is 35.1. The maximum absolute atomic E-state index is 12.3. The van der Waals surface area contributed by atoms with E-state index in [2.05, 4.69) is 103 Å². The molecule has 6 N–H and O–H groups in total. The molecule has 0 saturated carbocycles. The van der Waals surface area contributed by atoms with Gasteiger partial charge in [-0.15, -0.1) is 0 Å². The van der Waals surface area contributed by atoms with E-state index in [1.165, 1.54) is 63.0 Å². The Hall–Kier alpha value is -5.74. The fourth-order valence-corrected chi connectivity index (χ4v) is 7.94. The first kappa shape index (κ1) is 42.4. The molecule has 4 aliphatic rings. The van der Waals surface area contributed by atoms with Crippen LogP contribution in [0.15, 0.2) is 48.5 Å². The van der Waals surface area contributed by atoms with Gasteiger partial charge >= 0.3 is 12.0 Å². The van der Waals surface area contributed by atoms with E-state index >= 15 is 0 Å². The summed E-state index contributed by atoms with van der Waals surface area (Å²) >= 11 is 0. The van der Waals surface area contributed by atoms with Crippen molar-refractivity contribution in [3.05, 3.63) is 70.8 Å². The summed E-state index contributed by atoms with van der Waals surface area (Å²) in [5, 5.41) is 5.61. The van der Waals surface area contributed by atoms with Gasteiger partial charge in [-0.05, 0) is 87.0 Å². The highest BCUT2D eigenvalue weighted by Crippen LogP contribution is 2.36. The van der Waals surface area contributed by atoms with E-state index in [4.69, 9.17) is 20.9 Å². The number of benzene rings is 2. The van der Waals surface area contributed by atoms with Crippen molar-refractivity contribution >= 4 is 46.5 Å². The van der Waals surface area contributed by atoms with Gasteiger partial charge in [0.15, 0.2) is 23.3 Å². The molecule has 0 radical (unpaired) electrons. The monoisotopic (exact) mass is 820 g/mol. The highest BCUT2D eigenvalue weighted by atomic mass is 16.5. The number of hydrogen-bond donors (Lipinski definition) is 4. The largest absolute Gasteiger partial charge is 0.463 e. The number of amides is 2. The summed E-state index contributed by atoms with van der Waals surface area (Å²) < 4.78 is 11.3. The number of fused-ring (bicyclic) bond motifs is 2. The Kier molecular flexibility index (Phi) is 14.5. The van der Waals surface area contributed by atoms with Crippen LogP contribution < -0.4 is 41.4 Å². The molecule has 0 spiro atoms. The predicted octanol–water partition coefficient (Wildman–Crippen LogP) is 5.58. The summed E-state index contributed by atoms with van der Waals surface area (Å²) in [6.07, 6.45) is 9.01. The topological polar surface area (TPSA) is 193 Å². The Morgan fingerprint density at radius 2 is 0.967 bits per heavy atom.